The highest BCUT2D eigenvalue weighted by Crippen LogP contribution is 2.33. The fourth-order valence-electron chi connectivity index (χ4n) is 1.97. The summed E-state index contributed by atoms with van der Waals surface area (Å²) in [4.78, 5) is 27.8. The highest BCUT2D eigenvalue weighted by atomic mass is 32.2. The molecule has 0 saturated carbocycles. The quantitative estimate of drug-likeness (QED) is 0.399. The number of nitro groups is 1. The number of amidine groups is 1. The van der Waals surface area contributed by atoms with Gasteiger partial charge in [0, 0.05) is 4.88 Å². The fourth-order valence-corrected chi connectivity index (χ4v) is 4.26. The lowest BCUT2D eigenvalue weighted by molar-refractivity contribution is -0.401. The van der Waals surface area contributed by atoms with Crippen molar-refractivity contribution in [1.29, 1.82) is 0 Å². The number of amides is 1. The number of hydrogen-bond acceptors (Lipinski definition) is 10. The molecule has 1 fully saturated rings. The highest BCUT2D eigenvalue weighted by Gasteiger charge is 2.24. The van der Waals surface area contributed by atoms with E-state index in [2.05, 4.69) is 20.5 Å². The minimum Gasteiger partial charge on any atom is -0.398 e. The van der Waals surface area contributed by atoms with E-state index in [0.717, 1.165) is 16.2 Å². The third kappa shape index (κ3) is 3.42. The molecule has 0 aliphatic carbocycles. The first-order valence-corrected chi connectivity index (χ1v) is 9.51. The SMILES string of the molecule is O=C1NC(=Nc2nnc(-c3ccc([N+](=O)[O-])o3)s2)SC1=Cc1cccs1. The lowest BCUT2D eigenvalue weighted by atomic mass is 10.4. The monoisotopic (exact) mass is 405 g/mol. The van der Waals surface area contributed by atoms with Crippen molar-refractivity contribution < 1.29 is 14.1 Å². The Labute approximate surface area is 157 Å². The molecule has 4 heterocycles. The number of rotatable bonds is 4. The number of carbonyl (C=O) groups excluding carboxylic acids is 1. The number of nitrogens with one attached hydrogen (secondary N) is 1. The van der Waals surface area contributed by atoms with Crippen LogP contribution in [0.3, 0.4) is 0 Å². The van der Waals surface area contributed by atoms with Gasteiger partial charge in [-0.05, 0) is 35.4 Å². The van der Waals surface area contributed by atoms with Gasteiger partial charge in [-0.2, -0.15) is 4.99 Å². The van der Waals surface area contributed by atoms with Gasteiger partial charge in [0.05, 0.1) is 11.0 Å². The van der Waals surface area contributed by atoms with E-state index in [1.54, 1.807) is 6.08 Å². The Morgan fingerprint density at radius 1 is 1.31 bits per heavy atom. The second kappa shape index (κ2) is 6.82. The van der Waals surface area contributed by atoms with Gasteiger partial charge in [-0.3, -0.25) is 14.9 Å². The smallest absolute Gasteiger partial charge is 0.398 e. The number of aromatic nitrogens is 2. The van der Waals surface area contributed by atoms with Crippen molar-refractivity contribution >= 4 is 62.6 Å². The number of thioether (sulfide) groups is 1. The van der Waals surface area contributed by atoms with Crippen LogP contribution in [0.15, 0.2) is 44.0 Å². The first-order chi connectivity index (χ1) is 12.6. The Bertz CT molecular complexity index is 1050. The summed E-state index contributed by atoms with van der Waals surface area (Å²) in [5, 5.41) is 24.1. The molecule has 1 saturated heterocycles. The molecule has 0 aromatic carbocycles. The van der Waals surface area contributed by atoms with Crippen LogP contribution in [0.25, 0.3) is 16.8 Å². The average Bonchev–Trinajstić information content (AvgIpc) is 3.37. The van der Waals surface area contributed by atoms with Gasteiger partial charge in [-0.1, -0.05) is 17.4 Å². The zero-order chi connectivity index (χ0) is 18.1. The zero-order valence-electron chi connectivity index (χ0n) is 12.6. The van der Waals surface area contributed by atoms with Crippen molar-refractivity contribution in [2.24, 2.45) is 4.99 Å². The molecule has 1 N–H and O–H groups in total. The molecule has 1 amide bonds. The molecular formula is C14H7N5O4S3. The standard InChI is InChI=1S/C14H7N5O4S3/c20-11-9(6-7-2-1-5-24-7)25-13(15-11)16-14-18-17-12(26-14)8-3-4-10(23-8)19(21)22/h1-6H,(H,15,16,18,20). The number of furan rings is 1. The largest absolute Gasteiger partial charge is 0.433 e. The molecule has 3 aromatic heterocycles. The van der Waals surface area contributed by atoms with Crippen LogP contribution in [0, 0.1) is 10.1 Å². The zero-order valence-corrected chi connectivity index (χ0v) is 15.1. The summed E-state index contributed by atoms with van der Waals surface area (Å²) in [6, 6.07) is 6.52. The molecule has 1 aliphatic rings. The third-order valence-corrected chi connectivity index (χ3v) is 5.62. The molecule has 26 heavy (non-hydrogen) atoms. The third-order valence-electron chi connectivity index (χ3n) is 3.06. The number of nitrogens with zero attached hydrogens (tertiary/aromatic N) is 4. The van der Waals surface area contributed by atoms with Gasteiger partial charge in [0.15, 0.2) is 15.9 Å². The van der Waals surface area contributed by atoms with E-state index in [4.69, 9.17) is 4.42 Å². The van der Waals surface area contributed by atoms with Crippen LogP contribution in [-0.4, -0.2) is 26.2 Å². The predicted molar refractivity (Wildman–Crippen MR) is 99.4 cm³/mol. The van der Waals surface area contributed by atoms with E-state index >= 15 is 0 Å². The van der Waals surface area contributed by atoms with Gasteiger partial charge in [-0.15, -0.1) is 21.5 Å². The molecular weight excluding hydrogens is 398 g/mol. The van der Waals surface area contributed by atoms with Crippen molar-refractivity contribution in [1.82, 2.24) is 15.5 Å². The Morgan fingerprint density at radius 2 is 2.19 bits per heavy atom. The van der Waals surface area contributed by atoms with Crippen LogP contribution in [0.5, 0.6) is 0 Å². The molecule has 3 aromatic rings. The first kappa shape index (κ1) is 16.6. The highest BCUT2D eigenvalue weighted by molar-refractivity contribution is 8.18. The maximum absolute atomic E-state index is 12.0. The molecule has 0 bridgehead atoms. The van der Waals surface area contributed by atoms with Crippen molar-refractivity contribution in [3.63, 3.8) is 0 Å². The number of aliphatic imine (C=N–C) groups is 1. The van der Waals surface area contributed by atoms with Gasteiger partial charge in [0.2, 0.25) is 5.13 Å². The second-order valence-electron chi connectivity index (χ2n) is 4.78. The molecule has 0 radical (unpaired) electrons. The van der Waals surface area contributed by atoms with Crippen molar-refractivity contribution in [2.75, 3.05) is 0 Å². The van der Waals surface area contributed by atoms with Gasteiger partial charge in [0.25, 0.3) is 5.91 Å². The van der Waals surface area contributed by atoms with Crippen molar-refractivity contribution in [3.05, 3.63) is 49.5 Å². The Kier molecular flexibility index (Phi) is 4.36. The van der Waals surface area contributed by atoms with Gasteiger partial charge < -0.3 is 9.73 Å². The van der Waals surface area contributed by atoms with E-state index in [1.165, 1.54) is 35.2 Å². The molecule has 0 unspecified atom stereocenters. The van der Waals surface area contributed by atoms with Crippen LogP contribution >= 0.6 is 34.4 Å². The summed E-state index contributed by atoms with van der Waals surface area (Å²) in [6.45, 7) is 0. The topological polar surface area (TPSA) is 124 Å². The van der Waals surface area contributed by atoms with Crippen LogP contribution in [0.4, 0.5) is 11.0 Å². The minimum absolute atomic E-state index is 0.228. The first-order valence-electron chi connectivity index (χ1n) is 7.00. The van der Waals surface area contributed by atoms with Crippen LogP contribution < -0.4 is 5.32 Å². The van der Waals surface area contributed by atoms with Crippen molar-refractivity contribution in [2.45, 2.75) is 0 Å². The van der Waals surface area contributed by atoms with Gasteiger partial charge in [-0.25, -0.2) is 0 Å². The van der Waals surface area contributed by atoms with E-state index in [0.29, 0.717) is 20.2 Å². The molecule has 0 atom stereocenters. The minimum atomic E-state index is -0.627. The summed E-state index contributed by atoms with van der Waals surface area (Å²) in [5.41, 5.74) is 0. The maximum Gasteiger partial charge on any atom is 0.433 e. The summed E-state index contributed by atoms with van der Waals surface area (Å²) in [7, 11) is 0. The fraction of sp³-hybridized carbons (Fsp3) is 0. The van der Waals surface area contributed by atoms with Gasteiger partial charge in [0.1, 0.15) is 4.92 Å². The molecule has 9 nitrogen and oxygen atoms in total. The Hall–Kier alpha value is -2.83. The average molecular weight is 405 g/mol. The second-order valence-corrected chi connectivity index (χ2v) is 7.75. The maximum atomic E-state index is 12.0. The predicted octanol–water partition coefficient (Wildman–Crippen LogP) is 3.66. The molecule has 0 spiro atoms. The number of hydrogen-bond donors (Lipinski definition) is 1. The molecule has 130 valence electrons. The molecule has 1 aliphatic heterocycles. The Balaban J connectivity index is 1.53. The number of carbonyl (C=O) groups is 1. The normalized spacial score (nSPS) is 17.2. The lowest BCUT2D eigenvalue weighted by Crippen LogP contribution is -2.19. The summed E-state index contributed by atoms with van der Waals surface area (Å²) in [5.74, 6) is -0.361. The van der Waals surface area contributed by atoms with Crippen molar-refractivity contribution in [3.8, 4) is 10.8 Å². The summed E-state index contributed by atoms with van der Waals surface area (Å²) >= 11 is 3.84. The molecule has 4 rings (SSSR count). The lowest BCUT2D eigenvalue weighted by Gasteiger charge is -1.89. The Morgan fingerprint density at radius 3 is 2.92 bits per heavy atom. The molecule has 12 heteroatoms. The summed E-state index contributed by atoms with van der Waals surface area (Å²) in [6.07, 6.45) is 1.79. The van der Waals surface area contributed by atoms with E-state index in [-0.39, 0.29) is 17.6 Å². The van der Waals surface area contributed by atoms with E-state index < -0.39 is 4.92 Å². The van der Waals surface area contributed by atoms with E-state index in [1.807, 2.05) is 17.5 Å². The van der Waals surface area contributed by atoms with Crippen LogP contribution in [0.1, 0.15) is 4.88 Å². The van der Waals surface area contributed by atoms with Gasteiger partial charge >= 0.3 is 5.88 Å². The summed E-state index contributed by atoms with van der Waals surface area (Å²) < 4.78 is 5.08. The van der Waals surface area contributed by atoms with Crippen LogP contribution in [0.2, 0.25) is 0 Å². The van der Waals surface area contributed by atoms with Crippen LogP contribution in [-0.2, 0) is 4.79 Å². The number of thiophene rings is 1. The van der Waals surface area contributed by atoms with E-state index in [9.17, 15) is 14.9 Å².